The molecule has 0 aliphatic rings. The highest BCUT2D eigenvalue weighted by Crippen LogP contribution is 1.93. The monoisotopic (exact) mass is 177 g/mol. The van der Waals surface area contributed by atoms with Gasteiger partial charge in [0.25, 0.3) is 0 Å². The number of aliphatic hydroxyl groups is 3. The number of aliphatic hydroxyl groups excluding tert-OH is 3. The molecule has 0 bridgehead atoms. The van der Waals surface area contributed by atoms with Gasteiger partial charge in [0, 0.05) is 6.54 Å². The zero-order valence-corrected chi connectivity index (χ0v) is 7.53. The van der Waals surface area contributed by atoms with Gasteiger partial charge in [0.15, 0.2) is 0 Å². The van der Waals surface area contributed by atoms with Crippen molar-refractivity contribution in [3.8, 4) is 0 Å². The van der Waals surface area contributed by atoms with Gasteiger partial charge >= 0.3 is 0 Å². The minimum absolute atomic E-state index is 0.219. The van der Waals surface area contributed by atoms with Crippen LogP contribution in [0.3, 0.4) is 0 Å². The Labute approximate surface area is 73.2 Å². The van der Waals surface area contributed by atoms with Crippen molar-refractivity contribution in [2.75, 3.05) is 19.7 Å². The third-order valence-corrected chi connectivity index (χ3v) is 1.72. The van der Waals surface area contributed by atoms with Gasteiger partial charge in [-0.05, 0) is 19.4 Å². The summed E-state index contributed by atoms with van der Waals surface area (Å²) in [6.45, 7) is 2.76. The van der Waals surface area contributed by atoms with Crippen LogP contribution < -0.4 is 5.32 Å². The minimum Gasteiger partial charge on any atom is -0.394 e. The van der Waals surface area contributed by atoms with Gasteiger partial charge in [-0.3, -0.25) is 0 Å². The van der Waals surface area contributed by atoms with E-state index in [1.54, 1.807) is 0 Å². The Morgan fingerprint density at radius 2 is 1.92 bits per heavy atom. The van der Waals surface area contributed by atoms with E-state index < -0.39 is 6.10 Å². The maximum Gasteiger partial charge on any atom is 0.0894 e. The fraction of sp³-hybridized carbons (Fsp3) is 1.00. The molecule has 0 radical (unpaired) electrons. The molecule has 0 rings (SSSR count). The molecule has 2 atom stereocenters. The third-order valence-electron chi connectivity index (χ3n) is 1.72. The number of nitrogens with one attached hydrogen (secondary N) is 1. The fourth-order valence-corrected chi connectivity index (χ4v) is 0.806. The van der Waals surface area contributed by atoms with Crippen molar-refractivity contribution in [3.05, 3.63) is 0 Å². The van der Waals surface area contributed by atoms with Crippen LogP contribution in [0.4, 0.5) is 0 Å². The van der Waals surface area contributed by atoms with E-state index in [4.69, 9.17) is 15.3 Å². The summed E-state index contributed by atoms with van der Waals surface area (Å²) in [6, 6.07) is 0. The van der Waals surface area contributed by atoms with Gasteiger partial charge in [-0.1, -0.05) is 6.92 Å². The Morgan fingerprint density at radius 1 is 1.25 bits per heavy atom. The smallest absolute Gasteiger partial charge is 0.0894 e. The number of hydrogen-bond donors (Lipinski definition) is 4. The first-order valence-electron chi connectivity index (χ1n) is 4.38. The quantitative estimate of drug-likeness (QED) is 0.380. The lowest BCUT2D eigenvalue weighted by molar-refractivity contribution is 0.0925. The summed E-state index contributed by atoms with van der Waals surface area (Å²) in [5.74, 6) is 0. The van der Waals surface area contributed by atoms with E-state index in [0.29, 0.717) is 19.5 Å². The summed E-state index contributed by atoms with van der Waals surface area (Å²) in [7, 11) is 0. The molecule has 0 aromatic carbocycles. The topological polar surface area (TPSA) is 72.7 Å². The maximum absolute atomic E-state index is 9.13. The second kappa shape index (κ2) is 7.49. The normalized spacial score (nSPS) is 16.0. The van der Waals surface area contributed by atoms with Crippen LogP contribution in [0.2, 0.25) is 0 Å². The van der Waals surface area contributed by atoms with Crippen LogP contribution in [-0.2, 0) is 0 Å². The third kappa shape index (κ3) is 6.54. The molecule has 0 aliphatic carbocycles. The molecule has 0 aromatic rings. The molecule has 12 heavy (non-hydrogen) atoms. The summed E-state index contributed by atoms with van der Waals surface area (Å²) in [6.07, 6.45) is 0.492. The van der Waals surface area contributed by atoms with Crippen LogP contribution in [0.25, 0.3) is 0 Å². The zero-order valence-electron chi connectivity index (χ0n) is 7.53. The average molecular weight is 177 g/mol. The Bertz CT molecular complexity index is 88.3. The van der Waals surface area contributed by atoms with E-state index in [2.05, 4.69) is 5.32 Å². The molecule has 74 valence electrons. The predicted molar refractivity (Wildman–Crippen MR) is 46.9 cm³/mol. The van der Waals surface area contributed by atoms with Crippen LogP contribution in [0.15, 0.2) is 0 Å². The van der Waals surface area contributed by atoms with Gasteiger partial charge < -0.3 is 20.6 Å². The van der Waals surface area contributed by atoms with Crippen molar-refractivity contribution in [2.24, 2.45) is 0 Å². The van der Waals surface area contributed by atoms with E-state index in [1.807, 2.05) is 6.92 Å². The van der Waals surface area contributed by atoms with Crippen molar-refractivity contribution in [2.45, 2.75) is 32.0 Å². The SMILES string of the molecule is CCC(O)CCNCC(O)CO. The van der Waals surface area contributed by atoms with Crippen molar-refractivity contribution in [1.29, 1.82) is 0 Å². The summed E-state index contributed by atoms with van der Waals surface area (Å²) in [4.78, 5) is 0. The molecule has 0 saturated heterocycles. The van der Waals surface area contributed by atoms with Gasteiger partial charge in [0.05, 0.1) is 18.8 Å². The average Bonchev–Trinajstić information content (AvgIpc) is 2.11. The van der Waals surface area contributed by atoms with Gasteiger partial charge in [-0.25, -0.2) is 0 Å². The molecule has 0 spiro atoms. The molecule has 4 nitrogen and oxygen atoms in total. The van der Waals surface area contributed by atoms with Crippen LogP contribution in [0, 0.1) is 0 Å². The van der Waals surface area contributed by atoms with Crippen molar-refractivity contribution in [3.63, 3.8) is 0 Å². The standard InChI is InChI=1S/C8H19NO3/c1-2-7(11)3-4-9-5-8(12)6-10/h7-12H,2-6H2,1H3. The van der Waals surface area contributed by atoms with E-state index in [0.717, 1.165) is 6.42 Å². The highest BCUT2D eigenvalue weighted by atomic mass is 16.3. The van der Waals surface area contributed by atoms with Gasteiger partial charge in [-0.2, -0.15) is 0 Å². The lowest BCUT2D eigenvalue weighted by Crippen LogP contribution is -2.31. The molecule has 0 saturated carbocycles. The first-order valence-corrected chi connectivity index (χ1v) is 4.38. The first-order chi connectivity index (χ1) is 5.70. The maximum atomic E-state index is 9.13. The number of rotatable bonds is 7. The largest absolute Gasteiger partial charge is 0.394 e. The molecule has 4 N–H and O–H groups in total. The molecular formula is C8H19NO3. The Morgan fingerprint density at radius 3 is 2.42 bits per heavy atom. The van der Waals surface area contributed by atoms with Crippen LogP contribution >= 0.6 is 0 Å². The Hall–Kier alpha value is -0.160. The number of hydrogen-bond acceptors (Lipinski definition) is 4. The zero-order chi connectivity index (χ0) is 9.40. The van der Waals surface area contributed by atoms with Crippen LogP contribution in [0.1, 0.15) is 19.8 Å². The predicted octanol–water partition coefficient (Wildman–Crippen LogP) is -0.910. The lowest BCUT2D eigenvalue weighted by atomic mass is 10.2. The second-order valence-corrected chi connectivity index (χ2v) is 2.89. The summed E-state index contributed by atoms with van der Waals surface area (Å²) < 4.78 is 0. The summed E-state index contributed by atoms with van der Waals surface area (Å²) >= 11 is 0. The van der Waals surface area contributed by atoms with Gasteiger partial charge in [0.1, 0.15) is 0 Å². The molecule has 0 heterocycles. The van der Waals surface area contributed by atoms with E-state index in [9.17, 15) is 0 Å². The van der Waals surface area contributed by atoms with Crippen molar-refractivity contribution >= 4 is 0 Å². The Kier molecular flexibility index (Phi) is 7.39. The second-order valence-electron chi connectivity index (χ2n) is 2.89. The first kappa shape index (κ1) is 11.8. The van der Waals surface area contributed by atoms with E-state index >= 15 is 0 Å². The minimum atomic E-state index is -0.691. The van der Waals surface area contributed by atoms with E-state index in [1.165, 1.54) is 0 Å². The highest BCUT2D eigenvalue weighted by Gasteiger charge is 2.02. The van der Waals surface area contributed by atoms with Crippen LogP contribution in [0.5, 0.6) is 0 Å². The summed E-state index contributed by atoms with van der Waals surface area (Å²) in [5, 5.41) is 29.4. The van der Waals surface area contributed by atoms with Crippen molar-refractivity contribution < 1.29 is 15.3 Å². The fourth-order valence-electron chi connectivity index (χ4n) is 0.806. The van der Waals surface area contributed by atoms with Gasteiger partial charge in [0.2, 0.25) is 0 Å². The van der Waals surface area contributed by atoms with E-state index in [-0.39, 0.29) is 12.7 Å². The molecule has 0 fully saturated rings. The molecular weight excluding hydrogens is 158 g/mol. The lowest BCUT2D eigenvalue weighted by Gasteiger charge is -2.10. The molecule has 0 aliphatic heterocycles. The van der Waals surface area contributed by atoms with Crippen molar-refractivity contribution in [1.82, 2.24) is 5.32 Å². The summed E-state index contributed by atoms with van der Waals surface area (Å²) in [5.41, 5.74) is 0. The molecule has 2 unspecified atom stereocenters. The molecule has 4 heteroatoms. The van der Waals surface area contributed by atoms with Gasteiger partial charge in [-0.15, -0.1) is 0 Å². The Balaban J connectivity index is 3.10. The van der Waals surface area contributed by atoms with Crippen LogP contribution in [-0.4, -0.2) is 47.2 Å². The highest BCUT2D eigenvalue weighted by molar-refractivity contribution is 4.59. The molecule has 0 aromatic heterocycles. The molecule has 0 amide bonds.